The van der Waals surface area contributed by atoms with Crippen molar-refractivity contribution < 1.29 is 9.59 Å². The molecule has 21 heavy (non-hydrogen) atoms. The van der Waals surface area contributed by atoms with Gasteiger partial charge in [0.1, 0.15) is 0 Å². The lowest BCUT2D eigenvalue weighted by atomic mass is 10.1. The van der Waals surface area contributed by atoms with Crippen molar-refractivity contribution in [3.05, 3.63) is 35.4 Å². The number of carbonyl (C=O) groups is 2. The number of amides is 2. The first-order valence-electron chi connectivity index (χ1n) is 6.76. The zero-order valence-electron chi connectivity index (χ0n) is 13.0. The van der Waals surface area contributed by atoms with Crippen LogP contribution in [0.15, 0.2) is 24.3 Å². The van der Waals surface area contributed by atoms with E-state index in [0.717, 1.165) is 6.54 Å². The summed E-state index contributed by atoms with van der Waals surface area (Å²) in [5, 5.41) is 3.00. The van der Waals surface area contributed by atoms with Crippen molar-refractivity contribution in [1.29, 1.82) is 0 Å². The van der Waals surface area contributed by atoms with Crippen molar-refractivity contribution in [1.82, 2.24) is 15.1 Å². The molecular formula is C15H24ClN3O2. The molecule has 0 aliphatic carbocycles. The highest BCUT2D eigenvalue weighted by atomic mass is 35.5. The lowest BCUT2D eigenvalue weighted by Gasteiger charge is -2.18. The van der Waals surface area contributed by atoms with Gasteiger partial charge in [-0.05, 0) is 32.2 Å². The van der Waals surface area contributed by atoms with Crippen LogP contribution in [0, 0.1) is 0 Å². The molecule has 2 amide bonds. The molecular weight excluding hydrogens is 290 g/mol. The normalized spacial score (nSPS) is 9.71. The van der Waals surface area contributed by atoms with Crippen molar-refractivity contribution in [2.24, 2.45) is 0 Å². The molecule has 5 nitrogen and oxygen atoms in total. The van der Waals surface area contributed by atoms with Crippen LogP contribution in [-0.4, -0.2) is 62.4 Å². The Balaban J connectivity index is 0.00000400. The number of nitrogens with one attached hydrogen (secondary N) is 1. The van der Waals surface area contributed by atoms with Crippen LogP contribution in [0.3, 0.4) is 0 Å². The molecule has 0 aliphatic rings. The van der Waals surface area contributed by atoms with Crippen LogP contribution < -0.4 is 5.32 Å². The van der Waals surface area contributed by atoms with E-state index < -0.39 is 0 Å². The molecule has 0 fully saturated rings. The van der Waals surface area contributed by atoms with E-state index in [9.17, 15) is 9.59 Å². The van der Waals surface area contributed by atoms with Crippen molar-refractivity contribution in [2.75, 3.05) is 40.8 Å². The molecule has 0 aromatic heterocycles. The number of halogens is 1. The largest absolute Gasteiger partial charge is 0.342 e. The Kier molecular flexibility index (Phi) is 8.66. The molecule has 6 heteroatoms. The third-order valence-corrected chi connectivity index (χ3v) is 3.22. The fourth-order valence-corrected chi connectivity index (χ4v) is 1.75. The molecule has 0 saturated heterocycles. The molecule has 0 aliphatic heterocycles. The van der Waals surface area contributed by atoms with Gasteiger partial charge in [0.2, 0.25) is 0 Å². The minimum atomic E-state index is -0.0750. The molecule has 1 rings (SSSR count). The molecule has 0 bridgehead atoms. The summed E-state index contributed by atoms with van der Waals surface area (Å²) >= 11 is 0. The van der Waals surface area contributed by atoms with Crippen LogP contribution in [0.5, 0.6) is 0 Å². The lowest BCUT2D eigenvalue weighted by Crippen LogP contribution is -2.33. The van der Waals surface area contributed by atoms with Gasteiger partial charge in [0.15, 0.2) is 0 Å². The van der Waals surface area contributed by atoms with Crippen LogP contribution in [0.25, 0.3) is 0 Å². The quantitative estimate of drug-likeness (QED) is 0.866. The van der Waals surface area contributed by atoms with E-state index in [-0.39, 0.29) is 24.2 Å². The number of rotatable bonds is 6. The number of hydrogen-bond acceptors (Lipinski definition) is 3. The zero-order valence-corrected chi connectivity index (χ0v) is 13.9. The van der Waals surface area contributed by atoms with E-state index in [4.69, 9.17) is 0 Å². The fraction of sp³-hybridized carbons (Fsp3) is 0.467. The molecule has 0 saturated carbocycles. The minimum absolute atomic E-state index is 0. The Bertz CT molecular complexity index is 480. The molecule has 118 valence electrons. The standard InChI is InChI=1S/C15H23N3O2.ClH/c1-5-17(3)14(19)12-7-6-8-13(11-12)15(20)18(4)10-9-16-2;/h6-8,11,16H,5,9-10H2,1-4H3;1H. The van der Waals surface area contributed by atoms with Crippen LogP contribution in [-0.2, 0) is 0 Å². The van der Waals surface area contributed by atoms with Crippen molar-refractivity contribution in [3.63, 3.8) is 0 Å². The number of likely N-dealkylation sites (N-methyl/N-ethyl adjacent to an activating group) is 2. The van der Waals surface area contributed by atoms with Gasteiger partial charge in [-0.25, -0.2) is 0 Å². The number of nitrogens with zero attached hydrogens (tertiary/aromatic N) is 2. The zero-order chi connectivity index (χ0) is 15.1. The van der Waals surface area contributed by atoms with Crippen LogP contribution in [0.1, 0.15) is 27.6 Å². The van der Waals surface area contributed by atoms with Crippen molar-refractivity contribution in [3.8, 4) is 0 Å². The second-order valence-corrected chi connectivity index (χ2v) is 4.73. The Hall–Kier alpha value is -1.59. The molecule has 0 radical (unpaired) electrons. The summed E-state index contributed by atoms with van der Waals surface area (Å²) in [6, 6.07) is 6.88. The average Bonchev–Trinajstić information content (AvgIpc) is 2.50. The Labute approximate surface area is 132 Å². The van der Waals surface area contributed by atoms with Crippen molar-refractivity contribution >= 4 is 24.2 Å². The highest BCUT2D eigenvalue weighted by Gasteiger charge is 2.15. The van der Waals surface area contributed by atoms with Crippen LogP contribution in [0.2, 0.25) is 0 Å². The molecule has 0 spiro atoms. The average molecular weight is 314 g/mol. The Morgan fingerprint density at radius 1 is 1.10 bits per heavy atom. The predicted octanol–water partition coefficient (Wildman–Crippen LogP) is 1.49. The van der Waals surface area contributed by atoms with Crippen LogP contribution >= 0.6 is 12.4 Å². The molecule has 0 unspecified atom stereocenters. The highest BCUT2D eigenvalue weighted by molar-refractivity contribution is 5.99. The van der Waals surface area contributed by atoms with Crippen molar-refractivity contribution in [2.45, 2.75) is 6.92 Å². The third kappa shape index (κ3) is 5.36. The molecule has 1 aromatic carbocycles. The first-order chi connectivity index (χ1) is 9.51. The number of hydrogen-bond donors (Lipinski definition) is 1. The third-order valence-electron chi connectivity index (χ3n) is 3.22. The first-order valence-corrected chi connectivity index (χ1v) is 6.76. The van der Waals surface area contributed by atoms with Crippen LogP contribution in [0.4, 0.5) is 0 Å². The second-order valence-electron chi connectivity index (χ2n) is 4.73. The Morgan fingerprint density at radius 2 is 1.62 bits per heavy atom. The van der Waals surface area contributed by atoms with Gasteiger partial charge < -0.3 is 15.1 Å². The van der Waals surface area contributed by atoms with E-state index in [1.54, 1.807) is 48.2 Å². The summed E-state index contributed by atoms with van der Waals surface area (Å²) in [7, 11) is 5.35. The summed E-state index contributed by atoms with van der Waals surface area (Å²) in [6.45, 7) is 3.92. The topological polar surface area (TPSA) is 52.7 Å². The highest BCUT2D eigenvalue weighted by Crippen LogP contribution is 2.10. The maximum Gasteiger partial charge on any atom is 0.253 e. The van der Waals surface area contributed by atoms with Gasteiger partial charge in [0.25, 0.3) is 11.8 Å². The van der Waals surface area contributed by atoms with E-state index >= 15 is 0 Å². The monoisotopic (exact) mass is 313 g/mol. The molecule has 1 N–H and O–H groups in total. The summed E-state index contributed by atoms with van der Waals surface area (Å²) in [5.41, 5.74) is 1.08. The summed E-state index contributed by atoms with van der Waals surface area (Å²) in [6.07, 6.45) is 0. The van der Waals surface area contributed by atoms with E-state index in [1.165, 1.54) is 0 Å². The number of carbonyl (C=O) groups excluding carboxylic acids is 2. The van der Waals surface area contributed by atoms with E-state index in [0.29, 0.717) is 24.2 Å². The van der Waals surface area contributed by atoms with Gasteiger partial charge in [0, 0.05) is 44.9 Å². The van der Waals surface area contributed by atoms with E-state index in [2.05, 4.69) is 5.32 Å². The second kappa shape index (κ2) is 9.37. The predicted molar refractivity (Wildman–Crippen MR) is 87.2 cm³/mol. The molecule has 0 heterocycles. The van der Waals surface area contributed by atoms with Gasteiger partial charge in [-0.2, -0.15) is 0 Å². The minimum Gasteiger partial charge on any atom is -0.342 e. The van der Waals surface area contributed by atoms with Gasteiger partial charge in [0.05, 0.1) is 0 Å². The first kappa shape index (κ1) is 19.4. The van der Waals surface area contributed by atoms with E-state index in [1.807, 2.05) is 14.0 Å². The Morgan fingerprint density at radius 3 is 2.10 bits per heavy atom. The SMILES string of the molecule is CCN(C)C(=O)c1cccc(C(=O)N(C)CCNC)c1.Cl. The summed E-state index contributed by atoms with van der Waals surface area (Å²) in [5.74, 6) is -0.144. The van der Waals surface area contributed by atoms with Gasteiger partial charge in [-0.1, -0.05) is 6.07 Å². The summed E-state index contributed by atoms with van der Waals surface area (Å²) in [4.78, 5) is 27.6. The van der Waals surface area contributed by atoms with Gasteiger partial charge in [-0.15, -0.1) is 12.4 Å². The molecule has 1 aromatic rings. The molecule has 0 atom stereocenters. The fourth-order valence-electron chi connectivity index (χ4n) is 1.75. The number of benzene rings is 1. The lowest BCUT2D eigenvalue weighted by molar-refractivity contribution is 0.0796. The smallest absolute Gasteiger partial charge is 0.253 e. The summed E-state index contributed by atoms with van der Waals surface area (Å²) < 4.78 is 0. The maximum atomic E-state index is 12.2. The van der Waals surface area contributed by atoms with Gasteiger partial charge in [-0.3, -0.25) is 9.59 Å². The van der Waals surface area contributed by atoms with Gasteiger partial charge >= 0.3 is 0 Å². The maximum absolute atomic E-state index is 12.2.